The number of amides is 2. The third-order valence-electron chi connectivity index (χ3n) is 3.96. The molecule has 3 N–H and O–H groups in total. The molecule has 1 heterocycles. The van der Waals surface area contributed by atoms with Gasteiger partial charge in [0, 0.05) is 27.9 Å². The van der Waals surface area contributed by atoms with Gasteiger partial charge in [-0.25, -0.2) is 0 Å². The van der Waals surface area contributed by atoms with E-state index >= 15 is 0 Å². The van der Waals surface area contributed by atoms with Crippen LogP contribution in [0.3, 0.4) is 0 Å². The molecule has 1 atom stereocenters. The second-order valence-corrected chi connectivity index (χ2v) is 7.60. The predicted molar refractivity (Wildman–Crippen MR) is 110 cm³/mol. The molecule has 0 spiro atoms. The van der Waals surface area contributed by atoms with Crippen LogP contribution in [-0.4, -0.2) is 28.1 Å². The number of aromatic nitrogens is 2. The van der Waals surface area contributed by atoms with E-state index in [0.717, 1.165) is 21.2 Å². The van der Waals surface area contributed by atoms with Crippen molar-refractivity contribution in [2.24, 2.45) is 0 Å². The van der Waals surface area contributed by atoms with Crippen molar-refractivity contribution in [3.05, 3.63) is 72.1 Å². The Labute approximate surface area is 168 Å². The van der Waals surface area contributed by atoms with Gasteiger partial charge < -0.3 is 10.6 Å². The second kappa shape index (κ2) is 9.23. The van der Waals surface area contributed by atoms with E-state index in [1.807, 2.05) is 68.4 Å². The van der Waals surface area contributed by atoms with E-state index in [9.17, 15) is 9.59 Å². The van der Waals surface area contributed by atoms with Crippen LogP contribution in [0, 0.1) is 6.92 Å². The van der Waals surface area contributed by atoms with Crippen LogP contribution in [0.1, 0.15) is 18.3 Å². The average molecular weight is 395 g/mol. The van der Waals surface area contributed by atoms with E-state index in [1.165, 1.54) is 11.8 Å². The number of anilines is 1. The zero-order valence-corrected chi connectivity index (χ0v) is 16.5. The van der Waals surface area contributed by atoms with Crippen LogP contribution in [0.2, 0.25) is 0 Å². The summed E-state index contributed by atoms with van der Waals surface area (Å²) in [6.07, 6.45) is 0.545. The van der Waals surface area contributed by atoms with Gasteiger partial charge in [-0.1, -0.05) is 42.1 Å². The lowest BCUT2D eigenvalue weighted by Gasteiger charge is -2.14. The number of H-pyrrole nitrogens is 1. The third kappa shape index (κ3) is 5.47. The minimum atomic E-state index is -0.689. The zero-order chi connectivity index (χ0) is 19.9. The monoisotopic (exact) mass is 394 g/mol. The number of nitrogens with zero attached hydrogens (tertiary/aromatic N) is 1. The van der Waals surface area contributed by atoms with Crippen molar-refractivity contribution >= 4 is 29.3 Å². The predicted octanol–water partition coefficient (Wildman–Crippen LogP) is 3.56. The highest BCUT2D eigenvalue weighted by Gasteiger charge is 2.18. The largest absolute Gasteiger partial charge is 0.345 e. The Morgan fingerprint density at radius 2 is 1.79 bits per heavy atom. The Morgan fingerprint density at radius 1 is 1.07 bits per heavy atom. The number of aryl methyl sites for hydroxylation is 1. The topological polar surface area (TPSA) is 86.9 Å². The van der Waals surface area contributed by atoms with Crippen LogP contribution in [0.25, 0.3) is 0 Å². The number of hydrogen-bond donors (Lipinski definition) is 3. The molecule has 144 valence electrons. The highest BCUT2D eigenvalue weighted by molar-refractivity contribution is 7.99. The summed E-state index contributed by atoms with van der Waals surface area (Å²) >= 11 is 1.53. The van der Waals surface area contributed by atoms with Crippen molar-refractivity contribution in [3.63, 3.8) is 0 Å². The molecule has 0 fully saturated rings. The van der Waals surface area contributed by atoms with E-state index in [4.69, 9.17) is 0 Å². The van der Waals surface area contributed by atoms with Crippen LogP contribution in [0.15, 0.2) is 70.5 Å². The summed E-state index contributed by atoms with van der Waals surface area (Å²) in [6.45, 7) is 3.76. The Morgan fingerprint density at radius 3 is 2.50 bits per heavy atom. The molecule has 1 aromatic heterocycles. The summed E-state index contributed by atoms with van der Waals surface area (Å²) in [5.74, 6) is -1.36. The number of carbonyl (C=O) groups is 2. The summed E-state index contributed by atoms with van der Waals surface area (Å²) in [7, 11) is 0. The number of aromatic amines is 1. The fourth-order valence-corrected chi connectivity index (χ4v) is 3.61. The van der Waals surface area contributed by atoms with E-state index in [-0.39, 0.29) is 6.04 Å². The number of hydrogen-bond acceptors (Lipinski definition) is 4. The lowest BCUT2D eigenvalue weighted by Crippen LogP contribution is -2.41. The highest BCUT2D eigenvalue weighted by atomic mass is 32.2. The molecule has 0 unspecified atom stereocenters. The molecular weight excluding hydrogens is 372 g/mol. The zero-order valence-electron chi connectivity index (χ0n) is 15.7. The first-order valence-corrected chi connectivity index (χ1v) is 9.77. The van der Waals surface area contributed by atoms with E-state index in [0.29, 0.717) is 12.1 Å². The molecule has 3 rings (SSSR count). The number of carbonyl (C=O) groups excluding carboxylic acids is 2. The second-order valence-electron chi connectivity index (χ2n) is 6.49. The molecule has 0 radical (unpaired) electrons. The molecule has 0 aliphatic heterocycles. The smallest absolute Gasteiger partial charge is 0.313 e. The van der Waals surface area contributed by atoms with E-state index < -0.39 is 11.8 Å². The Balaban J connectivity index is 1.60. The minimum absolute atomic E-state index is 0.213. The molecule has 0 bridgehead atoms. The van der Waals surface area contributed by atoms with Crippen molar-refractivity contribution < 1.29 is 9.59 Å². The molecule has 0 aliphatic carbocycles. The van der Waals surface area contributed by atoms with Gasteiger partial charge in [0.15, 0.2) is 0 Å². The van der Waals surface area contributed by atoms with Crippen molar-refractivity contribution in [2.45, 2.75) is 36.1 Å². The standard InChI is InChI=1S/C21H22N4O2S/c1-14(12-16-13-15(2)24-25-16)22-20(26)21(27)23-18-10-6-7-11-19(18)28-17-8-4-3-5-9-17/h3-11,13-14H,12H2,1-2H3,(H,22,26)(H,23,27)(H,24,25)/t14-/m1/s1. The summed E-state index contributed by atoms with van der Waals surface area (Å²) in [4.78, 5) is 26.5. The molecular formula is C21H22N4O2S. The molecule has 0 saturated carbocycles. The van der Waals surface area contributed by atoms with Gasteiger partial charge >= 0.3 is 11.8 Å². The van der Waals surface area contributed by atoms with Gasteiger partial charge in [-0.05, 0) is 44.2 Å². The van der Waals surface area contributed by atoms with Gasteiger partial charge in [0.1, 0.15) is 0 Å². The lowest BCUT2D eigenvalue weighted by atomic mass is 10.2. The van der Waals surface area contributed by atoms with Crippen molar-refractivity contribution in [1.82, 2.24) is 15.5 Å². The lowest BCUT2D eigenvalue weighted by molar-refractivity contribution is -0.136. The molecule has 0 aliphatic rings. The maximum atomic E-state index is 12.4. The first-order chi connectivity index (χ1) is 13.5. The molecule has 3 aromatic rings. The fraction of sp³-hybridized carbons (Fsp3) is 0.190. The molecule has 7 heteroatoms. The quantitative estimate of drug-likeness (QED) is 0.558. The molecule has 2 amide bonds. The van der Waals surface area contributed by atoms with Crippen LogP contribution < -0.4 is 10.6 Å². The van der Waals surface area contributed by atoms with E-state index in [1.54, 1.807) is 6.07 Å². The van der Waals surface area contributed by atoms with Gasteiger partial charge in [0.25, 0.3) is 0 Å². The summed E-state index contributed by atoms with van der Waals surface area (Å²) in [6, 6.07) is 19.0. The van der Waals surface area contributed by atoms with Gasteiger partial charge in [-0.15, -0.1) is 0 Å². The molecule has 2 aromatic carbocycles. The SMILES string of the molecule is Cc1cc(C[C@@H](C)NC(=O)C(=O)Nc2ccccc2Sc2ccccc2)n[nH]1. The number of benzene rings is 2. The van der Waals surface area contributed by atoms with Gasteiger partial charge in [0.05, 0.1) is 11.4 Å². The first-order valence-electron chi connectivity index (χ1n) is 8.96. The number of rotatable bonds is 6. The maximum absolute atomic E-state index is 12.4. The summed E-state index contributed by atoms with van der Waals surface area (Å²) < 4.78 is 0. The van der Waals surface area contributed by atoms with Gasteiger partial charge in [-0.3, -0.25) is 14.7 Å². The highest BCUT2D eigenvalue weighted by Crippen LogP contribution is 2.33. The average Bonchev–Trinajstić information content (AvgIpc) is 3.08. The number of nitrogens with one attached hydrogen (secondary N) is 3. The van der Waals surface area contributed by atoms with Crippen LogP contribution >= 0.6 is 11.8 Å². The molecule has 28 heavy (non-hydrogen) atoms. The minimum Gasteiger partial charge on any atom is -0.345 e. The third-order valence-corrected chi connectivity index (χ3v) is 5.05. The van der Waals surface area contributed by atoms with Crippen molar-refractivity contribution in [3.8, 4) is 0 Å². The summed E-state index contributed by atoms with van der Waals surface area (Å²) in [5, 5.41) is 12.4. The normalized spacial score (nSPS) is 11.6. The molecule has 0 saturated heterocycles. The fourth-order valence-electron chi connectivity index (χ4n) is 2.69. The number of para-hydroxylation sites is 1. The Bertz CT molecular complexity index is 956. The first kappa shape index (κ1) is 19.7. The maximum Gasteiger partial charge on any atom is 0.313 e. The summed E-state index contributed by atoms with van der Waals surface area (Å²) in [5.41, 5.74) is 2.40. The van der Waals surface area contributed by atoms with Crippen LogP contribution in [0.5, 0.6) is 0 Å². The van der Waals surface area contributed by atoms with Crippen LogP contribution in [0.4, 0.5) is 5.69 Å². The Kier molecular flexibility index (Phi) is 6.49. The Hall–Kier alpha value is -3.06. The van der Waals surface area contributed by atoms with Gasteiger partial charge in [0.2, 0.25) is 0 Å². The molecule has 6 nitrogen and oxygen atoms in total. The van der Waals surface area contributed by atoms with Crippen molar-refractivity contribution in [1.29, 1.82) is 0 Å². The van der Waals surface area contributed by atoms with Gasteiger partial charge in [-0.2, -0.15) is 5.10 Å². The van der Waals surface area contributed by atoms with Crippen LogP contribution in [-0.2, 0) is 16.0 Å². The van der Waals surface area contributed by atoms with E-state index in [2.05, 4.69) is 20.8 Å². The van der Waals surface area contributed by atoms with Crippen molar-refractivity contribution in [2.75, 3.05) is 5.32 Å².